The lowest BCUT2D eigenvalue weighted by molar-refractivity contribution is -0.383. The van der Waals surface area contributed by atoms with E-state index in [-0.39, 0.29) is 29.6 Å². The summed E-state index contributed by atoms with van der Waals surface area (Å²) in [6, 6.07) is 10.5. The van der Waals surface area contributed by atoms with E-state index in [4.69, 9.17) is 11.6 Å². The number of rotatable bonds is 6. The number of nitro benzene ring substituents is 1. The van der Waals surface area contributed by atoms with E-state index in [1.807, 2.05) is 4.90 Å². The molecule has 1 aliphatic heterocycles. The van der Waals surface area contributed by atoms with Gasteiger partial charge in [-0.1, -0.05) is 29.8 Å². The molecule has 7 nitrogen and oxygen atoms in total. The van der Waals surface area contributed by atoms with Crippen LogP contribution in [0.15, 0.2) is 42.5 Å². The highest BCUT2D eigenvalue weighted by molar-refractivity contribution is 6.31. The third-order valence-electron chi connectivity index (χ3n) is 4.62. The molecule has 0 bridgehead atoms. The zero-order valence-electron chi connectivity index (χ0n) is 15.1. The zero-order valence-corrected chi connectivity index (χ0v) is 15.9. The molecule has 0 aromatic heterocycles. The van der Waals surface area contributed by atoms with Gasteiger partial charge in [0.05, 0.1) is 11.5 Å². The highest BCUT2D eigenvalue weighted by Crippen LogP contribution is 2.23. The molecule has 148 valence electrons. The van der Waals surface area contributed by atoms with Crippen molar-refractivity contribution in [3.05, 3.63) is 69.0 Å². The SMILES string of the molecule is O=C(CN1CCN(Cc2ccc(F)cc2Cl)CC1)Nc1ccccc1[N+](=O)[O-]. The second kappa shape index (κ2) is 9.09. The predicted octanol–water partition coefficient (Wildman–Crippen LogP) is 3.14. The highest BCUT2D eigenvalue weighted by atomic mass is 35.5. The minimum atomic E-state index is -0.519. The second-order valence-electron chi connectivity index (χ2n) is 6.61. The van der Waals surface area contributed by atoms with Gasteiger partial charge in [0.15, 0.2) is 0 Å². The Morgan fingerprint density at radius 1 is 1.14 bits per heavy atom. The molecule has 3 rings (SSSR count). The van der Waals surface area contributed by atoms with Gasteiger partial charge < -0.3 is 5.32 Å². The molecule has 1 amide bonds. The summed E-state index contributed by atoms with van der Waals surface area (Å²) in [7, 11) is 0. The average molecular weight is 407 g/mol. The van der Waals surface area contributed by atoms with Gasteiger partial charge >= 0.3 is 0 Å². The molecule has 2 aromatic carbocycles. The zero-order chi connectivity index (χ0) is 20.1. The third kappa shape index (κ3) is 5.25. The summed E-state index contributed by atoms with van der Waals surface area (Å²) >= 11 is 6.08. The Kier molecular flexibility index (Phi) is 6.56. The summed E-state index contributed by atoms with van der Waals surface area (Å²) in [5, 5.41) is 14.1. The van der Waals surface area contributed by atoms with Crippen LogP contribution < -0.4 is 5.32 Å². The van der Waals surface area contributed by atoms with E-state index < -0.39 is 4.92 Å². The summed E-state index contributed by atoms with van der Waals surface area (Å²) in [5.74, 6) is -0.646. The molecule has 0 spiro atoms. The Labute approximate surface area is 166 Å². The van der Waals surface area contributed by atoms with Crippen molar-refractivity contribution in [3.63, 3.8) is 0 Å². The van der Waals surface area contributed by atoms with Crippen molar-refractivity contribution in [3.8, 4) is 0 Å². The number of carbonyl (C=O) groups is 1. The van der Waals surface area contributed by atoms with Gasteiger partial charge in [-0.2, -0.15) is 0 Å². The number of para-hydroxylation sites is 2. The molecule has 0 unspecified atom stereocenters. The minimum absolute atomic E-state index is 0.128. The first-order chi connectivity index (χ1) is 13.4. The maximum atomic E-state index is 13.1. The third-order valence-corrected chi connectivity index (χ3v) is 4.97. The fourth-order valence-corrected chi connectivity index (χ4v) is 3.35. The van der Waals surface area contributed by atoms with Crippen LogP contribution >= 0.6 is 11.6 Å². The Morgan fingerprint density at radius 2 is 1.82 bits per heavy atom. The van der Waals surface area contributed by atoms with E-state index in [0.717, 1.165) is 18.7 Å². The lowest BCUT2D eigenvalue weighted by atomic mass is 10.2. The number of hydrogen-bond acceptors (Lipinski definition) is 5. The summed E-state index contributed by atoms with van der Waals surface area (Å²) in [4.78, 5) is 27.0. The second-order valence-corrected chi connectivity index (χ2v) is 7.02. The molecule has 1 N–H and O–H groups in total. The van der Waals surface area contributed by atoms with Crippen molar-refractivity contribution < 1.29 is 14.1 Å². The molecule has 0 radical (unpaired) electrons. The molecular weight excluding hydrogens is 387 g/mol. The summed E-state index contributed by atoms with van der Waals surface area (Å²) in [6.07, 6.45) is 0. The van der Waals surface area contributed by atoms with Gasteiger partial charge in [-0.25, -0.2) is 4.39 Å². The molecule has 0 atom stereocenters. The molecule has 0 aliphatic carbocycles. The quantitative estimate of drug-likeness (QED) is 0.589. The number of piperazine rings is 1. The Balaban J connectivity index is 1.49. The number of nitrogens with zero attached hydrogens (tertiary/aromatic N) is 3. The fourth-order valence-electron chi connectivity index (χ4n) is 3.13. The Bertz CT molecular complexity index is 872. The first-order valence-corrected chi connectivity index (χ1v) is 9.22. The van der Waals surface area contributed by atoms with Crippen molar-refractivity contribution in [2.45, 2.75) is 6.54 Å². The van der Waals surface area contributed by atoms with Crippen LogP contribution in [0.4, 0.5) is 15.8 Å². The van der Waals surface area contributed by atoms with E-state index in [2.05, 4.69) is 10.2 Å². The van der Waals surface area contributed by atoms with E-state index in [9.17, 15) is 19.3 Å². The number of hydrogen-bond donors (Lipinski definition) is 1. The first kappa shape index (κ1) is 20.2. The smallest absolute Gasteiger partial charge is 0.292 e. The minimum Gasteiger partial charge on any atom is -0.319 e. The van der Waals surface area contributed by atoms with Crippen molar-refractivity contribution in [1.29, 1.82) is 0 Å². The number of benzene rings is 2. The molecule has 2 aromatic rings. The van der Waals surface area contributed by atoms with E-state index in [1.54, 1.807) is 18.2 Å². The largest absolute Gasteiger partial charge is 0.319 e. The maximum absolute atomic E-state index is 13.1. The van der Waals surface area contributed by atoms with Crippen molar-refractivity contribution in [2.24, 2.45) is 0 Å². The lowest BCUT2D eigenvalue weighted by Crippen LogP contribution is -2.48. The van der Waals surface area contributed by atoms with Gasteiger partial charge in [-0.05, 0) is 23.8 Å². The molecule has 1 fully saturated rings. The van der Waals surface area contributed by atoms with Gasteiger partial charge in [0.2, 0.25) is 5.91 Å². The number of amides is 1. The maximum Gasteiger partial charge on any atom is 0.292 e. The molecule has 9 heteroatoms. The Hall–Kier alpha value is -2.55. The molecule has 1 saturated heterocycles. The molecular formula is C19H20ClFN4O3. The van der Waals surface area contributed by atoms with Crippen LogP contribution in [-0.2, 0) is 11.3 Å². The van der Waals surface area contributed by atoms with E-state index in [0.29, 0.717) is 24.7 Å². The molecule has 28 heavy (non-hydrogen) atoms. The van der Waals surface area contributed by atoms with Crippen LogP contribution in [0.5, 0.6) is 0 Å². The van der Waals surface area contributed by atoms with Gasteiger partial charge in [-0.15, -0.1) is 0 Å². The topological polar surface area (TPSA) is 78.7 Å². The van der Waals surface area contributed by atoms with Crippen molar-refractivity contribution in [1.82, 2.24) is 9.80 Å². The van der Waals surface area contributed by atoms with Crippen LogP contribution in [0, 0.1) is 15.9 Å². The van der Waals surface area contributed by atoms with Gasteiger partial charge in [-0.3, -0.25) is 24.7 Å². The highest BCUT2D eigenvalue weighted by Gasteiger charge is 2.21. The number of halogens is 2. The fraction of sp³-hybridized carbons (Fsp3) is 0.316. The van der Waals surface area contributed by atoms with E-state index in [1.165, 1.54) is 24.3 Å². The standard InChI is InChI=1S/C19H20ClFN4O3/c20-16-11-15(21)6-5-14(16)12-23-7-9-24(10-8-23)13-19(26)22-17-3-1-2-4-18(17)25(27)28/h1-6,11H,7-10,12-13H2,(H,22,26). The summed E-state index contributed by atoms with van der Waals surface area (Å²) < 4.78 is 13.1. The first-order valence-electron chi connectivity index (χ1n) is 8.84. The lowest BCUT2D eigenvalue weighted by Gasteiger charge is -2.34. The monoisotopic (exact) mass is 406 g/mol. The molecule has 1 heterocycles. The average Bonchev–Trinajstić information content (AvgIpc) is 2.65. The van der Waals surface area contributed by atoms with E-state index >= 15 is 0 Å². The van der Waals surface area contributed by atoms with Crippen LogP contribution in [0.2, 0.25) is 5.02 Å². The van der Waals surface area contributed by atoms with Crippen molar-refractivity contribution in [2.75, 3.05) is 38.0 Å². The summed E-state index contributed by atoms with van der Waals surface area (Å²) in [5.41, 5.74) is 0.935. The molecule has 1 aliphatic rings. The summed E-state index contributed by atoms with van der Waals surface area (Å²) in [6.45, 7) is 3.64. The predicted molar refractivity (Wildman–Crippen MR) is 105 cm³/mol. The van der Waals surface area contributed by atoms with Gasteiger partial charge in [0.1, 0.15) is 11.5 Å². The normalized spacial score (nSPS) is 15.4. The number of carbonyl (C=O) groups excluding carboxylic acids is 1. The van der Waals surface area contributed by atoms with Crippen molar-refractivity contribution >= 4 is 28.9 Å². The van der Waals surface area contributed by atoms with Crippen LogP contribution in [0.1, 0.15) is 5.56 Å². The molecule has 0 saturated carbocycles. The van der Waals surface area contributed by atoms with Crippen LogP contribution in [0.25, 0.3) is 0 Å². The Morgan fingerprint density at radius 3 is 2.50 bits per heavy atom. The van der Waals surface area contributed by atoms with Gasteiger partial charge in [0, 0.05) is 43.8 Å². The van der Waals surface area contributed by atoms with Crippen LogP contribution in [-0.4, -0.2) is 53.4 Å². The number of anilines is 1. The number of nitrogens with one attached hydrogen (secondary N) is 1. The van der Waals surface area contributed by atoms with Crippen LogP contribution in [0.3, 0.4) is 0 Å². The number of nitro groups is 1. The van der Waals surface area contributed by atoms with Gasteiger partial charge in [0.25, 0.3) is 5.69 Å².